The number of ether oxygens (including phenoxy) is 3. The van der Waals surface area contributed by atoms with E-state index in [1.54, 1.807) is 31.6 Å². The van der Waals surface area contributed by atoms with Crippen LogP contribution in [0.25, 0.3) is 16.8 Å². The summed E-state index contributed by atoms with van der Waals surface area (Å²) >= 11 is 1.26. The number of aromatic nitrogens is 1. The summed E-state index contributed by atoms with van der Waals surface area (Å²) in [5, 5.41) is 1.84. The Bertz CT molecular complexity index is 1810. The van der Waals surface area contributed by atoms with Crippen molar-refractivity contribution in [3.8, 4) is 5.75 Å². The molecular formula is C30H29N3O6S. The Morgan fingerprint density at radius 3 is 2.73 bits per heavy atom. The van der Waals surface area contributed by atoms with E-state index in [0.29, 0.717) is 50.9 Å². The van der Waals surface area contributed by atoms with Crippen LogP contribution in [0.3, 0.4) is 0 Å². The van der Waals surface area contributed by atoms with Crippen molar-refractivity contribution in [1.82, 2.24) is 4.57 Å². The first-order valence-electron chi connectivity index (χ1n) is 13.2. The van der Waals surface area contributed by atoms with Crippen molar-refractivity contribution >= 4 is 40.0 Å². The Morgan fingerprint density at radius 1 is 1.15 bits per heavy atom. The van der Waals surface area contributed by atoms with E-state index in [2.05, 4.69) is 4.90 Å². The largest absolute Gasteiger partial charge is 0.496 e. The lowest BCUT2D eigenvalue weighted by Crippen LogP contribution is -2.40. The normalized spacial score (nSPS) is 17.6. The van der Waals surface area contributed by atoms with Gasteiger partial charge in [0, 0.05) is 30.8 Å². The third-order valence-electron chi connectivity index (χ3n) is 7.15. The molecule has 0 amide bonds. The van der Waals surface area contributed by atoms with Gasteiger partial charge in [0.1, 0.15) is 17.6 Å². The van der Waals surface area contributed by atoms with Crippen LogP contribution < -0.4 is 24.5 Å². The maximum Gasteiger partial charge on any atom is 0.338 e. The van der Waals surface area contributed by atoms with Gasteiger partial charge >= 0.3 is 5.97 Å². The molecule has 2 aliphatic heterocycles. The lowest BCUT2D eigenvalue weighted by molar-refractivity contribution is -0.139. The van der Waals surface area contributed by atoms with E-state index in [0.717, 1.165) is 29.7 Å². The number of esters is 1. The second-order valence-corrected chi connectivity index (χ2v) is 10.5. The van der Waals surface area contributed by atoms with Crippen molar-refractivity contribution in [2.45, 2.75) is 19.9 Å². The van der Waals surface area contributed by atoms with Crippen LogP contribution in [0.5, 0.6) is 5.75 Å². The molecule has 2 aromatic heterocycles. The SMILES string of the molecule is CCOC(=O)C1=C(C)N=c2s/c(=C/c3ccc(N4CCOCC4)o3)c(=O)n2C1c1c(OC)ccc2ccccc12. The summed E-state index contributed by atoms with van der Waals surface area (Å²) in [6.45, 7) is 6.52. The van der Waals surface area contributed by atoms with Gasteiger partial charge in [0.05, 0.1) is 42.7 Å². The minimum absolute atomic E-state index is 0.198. The number of nitrogens with zero attached hydrogens (tertiary/aromatic N) is 3. The van der Waals surface area contributed by atoms with Gasteiger partial charge in [0.25, 0.3) is 5.56 Å². The molecule has 0 aliphatic carbocycles. The summed E-state index contributed by atoms with van der Waals surface area (Å²) in [6, 6.07) is 14.6. The molecule has 9 nitrogen and oxygen atoms in total. The molecule has 6 rings (SSSR count). The van der Waals surface area contributed by atoms with E-state index in [9.17, 15) is 9.59 Å². The Kier molecular flexibility index (Phi) is 7.03. The number of hydrogen-bond donors (Lipinski definition) is 0. The fourth-order valence-corrected chi connectivity index (χ4v) is 6.33. The van der Waals surface area contributed by atoms with E-state index < -0.39 is 12.0 Å². The quantitative estimate of drug-likeness (QED) is 0.334. The number of fused-ring (bicyclic) bond motifs is 2. The minimum atomic E-state index is -0.793. The zero-order valence-electron chi connectivity index (χ0n) is 22.5. The number of carbonyl (C=O) groups is 1. The molecule has 10 heteroatoms. The highest BCUT2D eigenvalue weighted by molar-refractivity contribution is 7.07. The molecule has 40 heavy (non-hydrogen) atoms. The Labute approximate surface area is 234 Å². The molecule has 1 fully saturated rings. The van der Waals surface area contributed by atoms with Crippen molar-refractivity contribution in [2.75, 3.05) is 44.9 Å². The standard InChI is InChI=1S/C30H29N3O6S/c1-4-38-29(35)25-18(2)31-30-33(27(25)26-21-8-6-5-7-19(21)9-11-22(26)36-3)28(34)23(40-30)17-20-10-12-24(39-20)32-13-15-37-16-14-32/h5-12,17,27H,4,13-16H2,1-3H3/b23-17+. The highest BCUT2D eigenvalue weighted by atomic mass is 32.1. The van der Waals surface area contributed by atoms with Gasteiger partial charge in [-0.05, 0) is 36.8 Å². The molecule has 206 valence electrons. The first-order chi connectivity index (χ1) is 19.5. The second-order valence-electron chi connectivity index (χ2n) is 9.48. The highest BCUT2D eigenvalue weighted by Crippen LogP contribution is 2.40. The minimum Gasteiger partial charge on any atom is -0.496 e. The van der Waals surface area contributed by atoms with Gasteiger partial charge in [-0.25, -0.2) is 9.79 Å². The molecule has 0 bridgehead atoms. The summed E-state index contributed by atoms with van der Waals surface area (Å²) in [5.74, 6) is 1.35. The Morgan fingerprint density at radius 2 is 1.95 bits per heavy atom. The summed E-state index contributed by atoms with van der Waals surface area (Å²) in [4.78, 5) is 34.7. The molecule has 0 radical (unpaired) electrons. The van der Waals surface area contributed by atoms with Crippen molar-refractivity contribution in [3.63, 3.8) is 0 Å². The van der Waals surface area contributed by atoms with E-state index in [-0.39, 0.29) is 12.2 Å². The van der Waals surface area contributed by atoms with Crippen molar-refractivity contribution in [2.24, 2.45) is 4.99 Å². The lowest BCUT2D eigenvalue weighted by atomic mass is 9.90. The Hall–Kier alpha value is -4.15. The smallest absolute Gasteiger partial charge is 0.338 e. The first-order valence-corrected chi connectivity index (χ1v) is 14.0. The zero-order valence-corrected chi connectivity index (χ0v) is 23.3. The van der Waals surface area contributed by atoms with Crippen LogP contribution >= 0.6 is 11.3 Å². The zero-order chi connectivity index (χ0) is 27.8. The second kappa shape index (κ2) is 10.8. The van der Waals surface area contributed by atoms with Gasteiger partial charge in [-0.1, -0.05) is 41.7 Å². The van der Waals surface area contributed by atoms with Crippen LogP contribution in [0.15, 0.2) is 74.0 Å². The molecule has 4 aromatic rings. The summed E-state index contributed by atoms with van der Waals surface area (Å²) in [5.41, 5.74) is 1.24. The fourth-order valence-electron chi connectivity index (χ4n) is 5.30. The molecule has 1 unspecified atom stereocenters. The fraction of sp³-hybridized carbons (Fsp3) is 0.300. The molecule has 2 aromatic carbocycles. The van der Waals surface area contributed by atoms with Crippen LogP contribution in [-0.4, -0.2) is 50.6 Å². The molecule has 0 saturated carbocycles. The lowest BCUT2D eigenvalue weighted by Gasteiger charge is -2.27. The average molecular weight is 560 g/mol. The number of allylic oxidation sites excluding steroid dienone is 1. The van der Waals surface area contributed by atoms with E-state index in [4.69, 9.17) is 23.6 Å². The highest BCUT2D eigenvalue weighted by Gasteiger charge is 2.36. The summed E-state index contributed by atoms with van der Waals surface area (Å²) in [7, 11) is 1.58. The molecule has 0 N–H and O–H groups in total. The number of methoxy groups -OCH3 is 1. The number of furan rings is 1. The van der Waals surface area contributed by atoms with Crippen molar-refractivity contribution < 1.29 is 23.4 Å². The third-order valence-corrected chi connectivity index (χ3v) is 8.13. The maximum absolute atomic E-state index is 14.1. The number of thiazole rings is 1. The number of rotatable bonds is 6. The van der Waals surface area contributed by atoms with Crippen molar-refractivity contribution in [3.05, 3.63) is 90.8 Å². The predicted octanol–water partition coefficient (Wildman–Crippen LogP) is 3.39. The maximum atomic E-state index is 14.1. The average Bonchev–Trinajstić information content (AvgIpc) is 3.56. The number of anilines is 1. The third kappa shape index (κ3) is 4.52. The van der Waals surface area contributed by atoms with Crippen LogP contribution in [0.4, 0.5) is 5.88 Å². The van der Waals surface area contributed by atoms with E-state index in [1.807, 2.05) is 48.5 Å². The van der Waals surface area contributed by atoms with Crippen LogP contribution in [0, 0.1) is 0 Å². The van der Waals surface area contributed by atoms with Crippen LogP contribution in [0.1, 0.15) is 31.2 Å². The topological polar surface area (TPSA) is 95.5 Å². The Balaban J connectivity index is 1.55. The summed E-state index contributed by atoms with van der Waals surface area (Å²) in [6.07, 6.45) is 1.73. The molecule has 1 atom stereocenters. The van der Waals surface area contributed by atoms with Crippen molar-refractivity contribution in [1.29, 1.82) is 0 Å². The monoisotopic (exact) mass is 559 g/mol. The van der Waals surface area contributed by atoms with E-state index >= 15 is 0 Å². The van der Waals surface area contributed by atoms with Gasteiger partial charge < -0.3 is 23.5 Å². The summed E-state index contributed by atoms with van der Waals surface area (Å²) < 4.78 is 24.8. The molecule has 0 spiro atoms. The number of hydrogen-bond acceptors (Lipinski definition) is 9. The van der Waals surface area contributed by atoms with Gasteiger partial charge in [0.2, 0.25) is 0 Å². The van der Waals surface area contributed by atoms with Gasteiger partial charge in [0.15, 0.2) is 10.7 Å². The van der Waals surface area contributed by atoms with E-state index in [1.165, 1.54) is 11.3 Å². The molecule has 4 heterocycles. The van der Waals surface area contributed by atoms with Gasteiger partial charge in [-0.15, -0.1) is 0 Å². The predicted molar refractivity (Wildman–Crippen MR) is 153 cm³/mol. The van der Waals surface area contributed by atoms with Gasteiger partial charge in [-0.2, -0.15) is 0 Å². The molecule has 2 aliphatic rings. The number of morpholine rings is 1. The van der Waals surface area contributed by atoms with Gasteiger partial charge in [-0.3, -0.25) is 9.36 Å². The number of carbonyl (C=O) groups excluding carboxylic acids is 1. The van der Waals surface area contributed by atoms with Crippen LogP contribution in [-0.2, 0) is 14.3 Å². The first kappa shape index (κ1) is 26.1. The molecular weight excluding hydrogens is 530 g/mol. The molecule has 1 saturated heterocycles. The number of benzene rings is 2. The van der Waals surface area contributed by atoms with Crippen LogP contribution in [0.2, 0.25) is 0 Å².